The summed E-state index contributed by atoms with van der Waals surface area (Å²) in [6, 6.07) is 5.19. The topological polar surface area (TPSA) is 85.0 Å². The maximum Gasteiger partial charge on any atom is 0.315 e. The lowest BCUT2D eigenvalue weighted by Crippen LogP contribution is -2.04. The second kappa shape index (κ2) is 6.25. The molecule has 0 aliphatic rings. The lowest BCUT2D eigenvalue weighted by molar-refractivity contribution is -0.383. The highest BCUT2D eigenvalue weighted by Crippen LogP contribution is 2.35. The van der Waals surface area contributed by atoms with E-state index in [1.165, 1.54) is 0 Å². The Morgan fingerprint density at radius 2 is 2.00 bits per heavy atom. The average Bonchev–Trinajstić information content (AvgIpc) is 2.79. The van der Waals surface area contributed by atoms with Gasteiger partial charge in [-0.1, -0.05) is 13.0 Å². The number of rotatable bonds is 6. The fourth-order valence-electron chi connectivity index (χ4n) is 2.22. The molecular weight excluding hydrogens is 270 g/mol. The Kier molecular flexibility index (Phi) is 4.42. The molecule has 0 aliphatic carbocycles. The van der Waals surface area contributed by atoms with E-state index in [-0.39, 0.29) is 10.6 Å². The largest absolute Gasteiger partial charge is 0.380 e. The summed E-state index contributed by atoms with van der Waals surface area (Å²) in [6.07, 6.45) is 2.58. The van der Waals surface area contributed by atoms with Crippen LogP contribution in [0.4, 0.5) is 22.7 Å². The van der Waals surface area contributed by atoms with Gasteiger partial charge in [-0.05, 0) is 25.5 Å². The van der Waals surface area contributed by atoms with Crippen LogP contribution in [-0.2, 0) is 13.5 Å². The Hall–Kier alpha value is -2.57. The summed E-state index contributed by atoms with van der Waals surface area (Å²) < 4.78 is 1.70. The fourth-order valence-corrected chi connectivity index (χ4v) is 2.22. The third kappa shape index (κ3) is 3.13. The van der Waals surface area contributed by atoms with Crippen molar-refractivity contribution in [3.63, 3.8) is 0 Å². The predicted octanol–water partition coefficient (Wildman–Crippen LogP) is 3.07. The summed E-state index contributed by atoms with van der Waals surface area (Å²) in [4.78, 5) is 11.0. The second-order valence-electron chi connectivity index (χ2n) is 4.63. The zero-order valence-corrected chi connectivity index (χ0v) is 12.4. The molecule has 0 saturated heterocycles. The number of benzene rings is 1. The number of hydrogen-bond acceptors (Lipinski definition) is 5. The van der Waals surface area contributed by atoms with E-state index in [0.29, 0.717) is 17.9 Å². The van der Waals surface area contributed by atoms with Gasteiger partial charge in [-0.2, -0.15) is 5.10 Å². The van der Waals surface area contributed by atoms with Crippen LogP contribution in [0.25, 0.3) is 0 Å². The number of aromatic nitrogens is 2. The summed E-state index contributed by atoms with van der Waals surface area (Å²) in [5.41, 5.74) is 2.68. The molecule has 112 valence electrons. The summed E-state index contributed by atoms with van der Waals surface area (Å²) >= 11 is 0. The van der Waals surface area contributed by atoms with Gasteiger partial charge in [0, 0.05) is 19.8 Å². The number of nitrogens with zero attached hydrogens (tertiary/aromatic N) is 3. The third-order valence-corrected chi connectivity index (χ3v) is 3.10. The fraction of sp³-hybridized carbons (Fsp3) is 0.357. The van der Waals surface area contributed by atoms with Gasteiger partial charge in [0.15, 0.2) is 0 Å². The van der Waals surface area contributed by atoms with Gasteiger partial charge in [0.05, 0.1) is 16.3 Å². The molecule has 2 aromatic rings. The van der Waals surface area contributed by atoms with Crippen LogP contribution in [0.1, 0.15) is 19.5 Å². The van der Waals surface area contributed by atoms with Crippen LogP contribution in [-0.4, -0.2) is 21.2 Å². The van der Waals surface area contributed by atoms with E-state index in [0.717, 1.165) is 17.8 Å². The highest BCUT2D eigenvalue weighted by atomic mass is 16.6. The lowest BCUT2D eigenvalue weighted by atomic mass is 10.2. The molecular formula is C14H19N5O2. The van der Waals surface area contributed by atoms with Crippen molar-refractivity contribution in [3.05, 3.63) is 40.2 Å². The van der Waals surface area contributed by atoms with Crippen LogP contribution < -0.4 is 10.6 Å². The number of anilines is 3. The first kappa shape index (κ1) is 14.8. The SMILES string of the molecule is CCNc1cccc(Nc2cn(C)nc2CC)c1[N+](=O)[O-]. The third-order valence-electron chi connectivity index (χ3n) is 3.10. The normalized spacial score (nSPS) is 10.4. The van der Waals surface area contributed by atoms with Crippen LogP contribution in [0.2, 0.25) is 0 Å². The monoisotopic (exact) mass is 289 g/mol. The van der Waals surface area contributed by atoms with E-state index < -0.39 is 0 Å². The van der Waals surface area contributed by atoms with Gasteiger partial charge < -0.3 is 10.6 Å². The van der Waals surface area contributed by atoms with Crippen LogP contribution in [0.5, 0.6) is 0 Å². The van der Waals surface area contributed by atoms with Crippen LogP contribution in [0.3, 0.4) is 0 Å². The van der Waals surface area contributed by atoms with Crippen molar-refractivity contribution in [1.82, 2.24) is 9.78 Å². The van der Waals surface area contributed by atoms with E-state index in [4.69, 9.17) is 0 Å². The van der Waals surface area contributed by atoms with Gasteiger partial charge in [-0.25, -0.2) is 0 Å². The molecule has 0 aliphatic heterocycles. The zero-order valence-electron chi connectivity index (χ0n) is 12.4. The van der Waals surface area contributed by atoms with Crippen molar-refractivity contribution < 1.29 is 4.92 Å². The molecule has 7 nitrogen and oxygen atoms in total. The number of nitro benzene ring substituents is 1. The first-order valence-corrected chi connectivity index (χ1v) is 6.87. The van der Waals surface area contributed by atoms with Crippen molar-refractivity contribution in [2.24, 2.45) is 7.05 Å². The molecule has 1 aromatic carbocycles. The van der Waals surface area contributed by atoms with Crippen molar-refractivity contribution in [2.45, 2.75) is 20.3 Å². The molecule has 0 fully saturated rings. The van der Waals surface area contributed by atoms with E-state index in [9.17, 15) is 10.1 Å². The number of hydrogen-bond donors (Lipinski definition) is 2. The van der Waals surface area contributed by atoms with Gasteiger partial charge in [0.2, 0.25) is 0 Å². The van der Waals surface area contributed by atoms with Crippen molar-refractivity contribution in [1.29, 1.82) is 0 Å². The summed E-state index contributed by atoms with van der Waals surface area (Å²) in [5.74, 6) is 0. The Bertz CT molecular complexity index is 651. The van der Waals surface area contributed by atoms with E-state index in [1.54, 1.807) is 22.9 Å². The molecule has 1 heterocycles. The molecule has 0 unspecified atom stereocenters. The average molecular weight is 289 g/mol. The molecule has 2 N–H and O–H groups in total. The van der Waals surface area contributed by atoms with Gasteiger partial charge in [0.25, 0.3) is 0 Å². The van der Waals surface area contributed by atoms with Crippen LogP contribution in [0, 0.1) is 10.1 Å². The zero-order chi connectivity index (χ0) is 15.4. The molecule has 0 amide bonds. The van der Waals surface area contributed by atoms with Gasteiger partial charge in [-0.15, -0.1) is 0 Å². The Balaban J connectivity index is 2.43. The summed E-state index contributed by atoms with van der Waals surface area (Å²) in [7, 11) is 1.83. The Morgan fingerprint density at radius 1 is 1.29 bits per heavy atom. The maximum atomic E-state index is 11.4. The minimum absolute atomic E-state index is 0.0465. The van der Waals surface area contributed by atoms with Crippen molar-refractivity contribution in [3.8, 4) is 0 Å². The molecule has 0 spiro atoms. The van der Waals surface area contributed by atoms with E-state index in [1.807, 2.05) is 27.1 Å². The van der Waals surface area contributed by atoms with Gasteiger partial charge in [-0.3, -0.25) is 14.8 Å². The molecule has 0 atom stereocenters. The lowest BCUT2D eigenvalue weighted by Gasteiger charge is -2.10. The van der Waals surface area contributed by atoms with E-state index in [2.05, 4.69) is 15.7 Å². The number of para-hydroxylation sites is 1. The highest BCUT2D eigenvalue weighted by molar-refractivity contribution is 5.79. The quantitative estimate of drug-likeness (QED) is 0.630. The summed E-state index contributed by atoms with van der Waals surface area (Å²) in [6.45, 7) is 4.52. The molecule has 21 heavy (non-hydrogen) atoms. The number of nitro groups is 1. The van der Waals surface area contributed by atoms with Gasteiger partial charge >= 0.3 is 5.69 Å². The predicted molar refractivity (Wildman–Crippen MR) is 83.1 cm³/mol. The van der Waals surface area contributed by atoms with Crippen LogP contribution >= 0.6 is 0 Å². The standard InChI is InChI=1S/C14H19N5O2/c1-4-10-13(9-18(3)17-10)16-12-8-6-7-11(15-5-2)14(12)19(20)21/h6-9,15-16H,4-5H2,1-3H3. The van der Waals surface area contributed by atoms with E-state index >= 15 is 0 Å². The first-order chi connectivity index (χ1) is 10.1. The number of aryl methyl sites for hydroxylation is 2. The molecule has 1 aromatic heterocycles. The minimum Gasteiger partial charge on any atom is -0.380 e. The molecule has 0 bridgehead atoms. The maximum absolute atomic E-state index is 11.4. The van der Waals surface area contributed by atoms with Crippen molar-refractivity contribution >= 4 is 22.7 Å². The van der Waals surface area contributed by atoms with Crippen LogP contribution in [0.15, 0.2) is 24.4 Å². The molecule has 0 saturated carbocycles. The minimum atomic E-state index is -0.373. The molecule has 2 rings (SSSR count). The highest BCUT2D eigenvalue weighted by Gasteiger charge is 2.20. The first-order valence-electron chi connectivity index (χ1n) is 6.87. The van der Waals surface area contributed by atoms with Gasteiger partial charge in [0.1, 0.15) is 11.4 Å². The second-order valence-corrected chi connectivity index (χ2v) is 4.63. The molecule has 7 heteroatoms. The number of nitrogens with one attached hydrogen (secondary N) is 2. The smallest absolute Gasteiger partial charge is 0.315 e. The van der Waals surface area contributed by atoms with Crippen molar-refractivity contribution in [2.75, 3.05) is 17.2 Å². The Labute approximate surface area is 123 Å². The summed E-state index contributed by atoms with van der Waals surface area (Å²) in [5, 5.41) is 21.8. The molecule has 0 radical (unpaired) electrons. The Morgan fingerprint density at radius 3 is 2.62 bits per heavy atom.